The molecule has 0 saturated carbocycles. The van der Waals surface area contributed by atoms with E-state index in [1.807, 2.05) is 0 Å². The van der Waals surface area contributed by atoms with E-state index in [2.05, 4.69) is 73.3 Å². The van der Waals surface area contributed by atoms with Crippen LogP contribution in [0.4, 0.5) is 0 Å². The predicted molar refractivity (Wildman–Crippen MR) is 93.1 cm³/mol. The molecule has 0 heterocycles. The van der Waals surface area contributed by atoms with Gasteiger partial charge in [-0.25, -0.2) is 0 Å². The lowest BCUT2D eigenvalue weighted by atomic mass is 9.82. The minimum atomic E-state index is 0.176. The van der Waals surface area contributed by atoms with Crippen LogP contribution in [0.25, 0.3) is 11.6 Å². The summed E-state index contributed by atoms with van der Waals surface area (Å²) in [6.45, 7) is 19.7. The Hall–Kier alpha value is -1.30. The van der Waals surface area contributed by atoms with E-state index < -0.39 is 0 Å². The first-order valence-corrected chi connectivity index (χ1v) is 7.65. The van der Waals surface area contributed by atoms with Crippen LogP contribution >= 0.6 is 0 Å². The van der Waals surface area contributed by atoms with Crippen molar-refractivity contribution in [1.82, 2.24) is 0 Å². The molecule has 0 aromatic heterocycles. The van der Waals surface area contributed by atoms with Crippen molar-refractivity contribution in [2.45, 2.75) is 66.7 Å². The quantitative estimate of drug-likeness (QED) is 0.583. The van der Waals surface area contributed by atoms with Gasteiger partial charge in [-0.2, -0.15) is 0 Å². The largest absolute Gasteiger partial charge is 0.0955 e. The van der Waals surface area contributed by atoms with Gasteiger partial charge in [0.15, 0.2) is 0 Å². The second kappa shape index (κ2) is 6.43. The molecule has 0 aliphatic rings. The van der Waals surface area contributed by atoms with Gasteiger partial charge in [-0.05, 0) is 54.9 Å². The van der Waals surface area contributed by atoms with Crippen molar-refractivity contribution in [3.63, 3.8) is 0 Å². The van der Waals surface area contributed by atoms with E-state index in [9.17, 15) is 0 Å². The van der Waals surface area contributed by atoms with Crippen LogP contribution in [0.1, 0.15) is 76.6 Å². The molecule has 1 aromatic rings. The van der Waals surface area contributed by atoms with Crippen LogP contribution in [0.15, 0.2) is 24.3 Å². The molecule has 0 heteroatoms. The first-order chi connectivity index (χ1) is 9.16. The molecular formula is C20H30. The number of aryl methyl sites for hydroxylation is 1. The summed E-state index contributed by atoms with van der Waals surface area (Å²) in [4.78, 5) is 0. The lowest BCUT2D eigenvalue weighted by Crippen LogP contribution is -2.12. The molecule has 0 atom stereocenters. The van der Waals surface area contributed by atoms with Gasteiger partial charge < -0.3 is 0 Å². The molecule has 0 bridgehead atoms. The second-order valence-corrected chi connectivity index (χ2v) is 7.03. The van der Waals surface area contributed by atoms with Gasteiger partial charge in [0.25, 0.3) is 0 Å². The molecule has 0 amide bonds. The number of allylic oxidation sites excluding steroid dienone is 2. The maximum absolute atomic E-state index is 4.17. The Balaban J connectivity index is 3.45. The van der Waals surface area contributed by atoms with Gasteiger partial charge in [0.05, 0.1) is 0 Å². The highest BCUT2D eigenvalue weighted by Crippen LogP contribution is 2.31. The molecule has 0 aliphatic carbocycles. The average molecular weight is 270 g/mol. The lowest BCUT2D eigenvalue weighted by Gasteiger charge is -2.23. The smallest absolute Gasteiger partial charge is 0.0132 e. The summed E-state index contributed by atoms with van der Waals surface area (Å²) >= 11 is 0. The predicted octanol–water partition coefficient (Wildman–Crippen LogP) is 6.53. The minimum Gasteiger partial charge on any atom is -0.0955 e. The zero-order valence-corrected chi connectivity index (χ0v) is 14.4. The van der Waals surface area contributed by atoms with Crippen LogP contribution in [0.2, 0.25) is 0 Å². The summed E-state index contributed by atoms with van der Waals surface area (Å²) in [5.74, 6) is 0. The van der Waals surface area contributed by atoms with Crippen molar-refractivity contribution in [3.05, 3.63) is 46.5 Å². The summed E-state index contributed by atoms with van der Waals surface area (Å²) in [5.41, 5.74) is 8.15. The Kier molecular flexibility index (Phi) is 5.39. The zero-order valence-electron chi connectivity index (χ0n) is 14.4. The van der Waals surface area contributed by atoms with Crippen molar-refractivity contribution in [2.24, 2.45) is 0 Å². The third-order valence-corrected chi connectivity index (χ3v) is 3.75. The first kappa shape index (κ1) is 16.8. The second-order valence-electron chi connectivity index (χ2n) is 7.03. The molecule has 0 nitrogen and oxygen atoms in total. The molecule has 0 saturated heterocycles. The topological polar surface area (TPSA) is 0 Å². The SMILES string of the molecule is C=C(C)c1cc(C(C)(C)C)cc(C)c1C=C(C)CCC. The highest BCUT2D eigenvalue weighted by molar-refractivity contribution is 5.75. The molecular weight excluding hydrogens is 240 g/mol. The number of hydrogen-bond donors (Lipinski definition) is 0. The van der Waals surface area contributed by atoms with Gasteiger partial charge in [0.2, 0.25) is 0 Å². The standard InChI is InChI=1S/C20H30/c1-9-10-15(4)11-19-16(5)12-17(20(6,7)8)13-18(19)14(2)3/h11-13H,2,9-10H2,1,3-8H3. The molecule has 1 aromatic carbocycles. The van der Waals surface area contributed by atoms with Crippen molar-refractivity contribution in [3.8, 4) is 0 Å². The number of hydrogen-bond acceptors (Lipinski definition) is 0. The Morgan fingerprint density at radius 1 is 1.20 bits per heavy atom. The van der Waals surface area contributed by atoms with Crippen molar-refractivity contribution in [1.29, 1.82) is 0 Å². The Labute approximate surface area is 125 Å². The summed E-state index contributed by atoms with van der Waals surface area (Å²) in [5, 5.41) is 0. The van der Waals surface area contributed by atoms with Gasteiger partial charge in [0, 0.05) is 0 Å². The molecule has 0 N–H and O–H groups in total. The molecule has 0 spiro atoms. The van der Waals surface area contributed by atoms with E-state index in [4.69, 9.17) is 0 Å². The van der Waals surface area contributed by atoms with Crippen LogP contribution in [0.3, 0.4) is 0 Å². The van der Waals surface area contributed by atoms with Gasteiger partial charge in [-0.15, -0.1) is 0 Å². The maximum atomic E-state index is 4.17. The van der Waals surface area contributed by atoms with Crippen LogP contribution in [0.5, 0.6) is 0 Å². The van der Waals surface area contributed by atoms with E-state index >= 15 is 0 Å². The molecule has 0 fully saturated rings. The van der Waals surface area contributed by atoms with E-state index in [0.717, 1.165) is 12.0 Å². The van der Waals surface area contributed by atoms with Crippen molar-refractivity contribution < 1.29 is 0 Å². The first-order valence-electron chi connectivity index (χ1n) is 7.65. The summed E-state index contributed by atoms with van der Waals surface area (Å²) in [7, 11) is 0. The molecule has 20 heavy (non-hydrogen) atoms. The van der Waals surface area contributed by atoms with E-state index in [-0.39, 0.29) is 5.41 Å². The lowest BCUT2D eigenvalue weighted by molar-refractivity contribution is 0.589. The summed E-state index contributed by atoms with van der Waals surface area (Å²) in [6, 6.07) is 4.65. The molecule has 0 unspecified atom stereocenters. The van der Waals surface area contributed by atoms with Gasteiger partial charge in [-0.1, -0.05) is 70.0 Å². The van der Waals surface area contributed by atoms with E-state index in [0.29, 0.717) is 0 Å². The van der Waals surface area contributed by atoms with Gasteiger partial charge in [0.1, 0.15) is 0 Å². The van der Waals surface area contributed by atoms with Crippen LogP contribution in [-0.4, -0.2) is 0 Å². The summed E-state index contributed by atoms with van der Waals surface area (Å²) in [6.07, 6.45) is 4.70. The van der Waals surface area contributed by atoms with Crippen LogP contribution < -0.4 is 0 Å². The van der Waals surface area contributed by atoms with E-state index in [1.165, 1.54) is 34.2 Å². The average Bonchev–Trinajstić information content (AvgIpc) is 2.30. The Morgan fingerprint density at radius 3 is 2.25 bits per heavy atom. The Morgan fingerprint density at radius 2 is 1.80 bits per heavy atom. The number of rotatable bonds is 4. The molecule has 1 rings (SSSR count). The van der Waals surface area contributed by atoms with E-state index in [1.54, 1.807) is 0 Å². The third kappa shape index (κ3) is 4.10. The fourth-order valence-electron chi connectivity index (χ4n) is 2.49. The zero-order chi connectivity index (χ0) is 15.5. The minimum absolute atomic E-state index is 0.176. The van der Waals surface area contributed by atoms with Gasteiger partial charge >= 0.3 is 0 Å². The normalized spacial score (nSPS) is 12.7. The third-order valence-electron chi connectivity index (χ3n) is 3.75. The molecule has 0 aliphatic heterocycles. The monoisotopic (exact) mass is 270 g/mol. The molecule has 110 valence electrons. The fourth-order valence-corrected chi connectivity index (χ4v) is 2.49. The maximum Gasteiger partial charge on any atom is -0.0132 e. The van der Waals surface area contributed by atoms with Crippen molar-refractivity contribution in [2.75, 3.05) is 0 Å². The number of benzene rings is 1. The summed E-state index contributed by atoms with van der Waals surface area (Å²) < 4.78 is 0. The Bertz CT molecular complexity index is 522. The molecule has 0 radical (unpaired) electrons. The van der Waals surface area contributed by atoms with Crippen LogP contribution in [0, 0.1) is 6.92 Å². The fraction of sp³-hybridized carbons (Fsp3) is 0.500. The highest BCUT2D eigenvalue weighted by atomic mass is 14.2. The van der Waals surface area contributed by atoms with Crippen LogP contribution in [-0.2, 0) is 5.41 Å². The van der Waals surface area contributed by atoms with Gasteiger partial charge in [-0.3, -0.25) is 0 Å². The highest BCUT2D eigenvalue weighted by Gasteiger charge is 2.17. The van der Waals surface area contributed by atoms with Crippen molar-refractivity contribution >= 4 is 11.6 Å².